The molecule has 8 nitrogen and oxygen atoms in total. The minimum atomic E-state index is -0.996. The number of carbonyl (C=O) groups is 1. The second-order valence-electron chi connectivity index (χ2n) is 6.07. The number of hydrogen-bond acceptors (Lipinski definition) is 8. The van der Waals surface area contributed by atoms with Gasteiger partial charge in [-0.25, -0.2) is 4.79 Å². The summed E-state index contributed by atoms with van der Waals surface area (Å²) >= 11 is 0. The van der Waals surface area contributed by atoms with Crippen molar-refractivity contribution >= 4 is 16.8 Å². The van der Waals surface area contributed by atoms with Crippen LogP contribution in [0.4, 0.5) is 0 Å². The van der Waals surface area contributed by atoms with Crippen LogP contribution >= 0.6 is 0 Å². The van der Waals surface area contributed by atoms with Crippen LogP contribution < -0.4 is 9.47 Å². The summed E-state index contributed by atoms with van der Waals surface area (Å²) in [4.78, 5) is 16.5. The lowest BCUT2D eigenvalue weighted by molar-refractivity contribution is 0.0429. The molecule has 0 spiro atoms. The Labute approximate surface area is 170 Å². The Bertz CT molecular complexity index is 1030. The molecule has 1 heterocycles. The van der Waals surface area contributed by atoms with Gasteiger partial charge in [-0.1, -0.05) is 17.3 Å². The Morgan fingerprint density at radius 3 is 2.69 bits per heavy atom. The molecule has 0 fully saturated rings. The molecule has 2 aromatic carbocycles. The Morgan fingerprint density at radius 1 is 1.14 bits per heavy atom. The molecule has 1 atom stereocenters. The number of benzene rings is 2. The van der Waals surface area contributed by atoms with Crippen molar-refractivity contribution in [1.82, 2.24) is 10.1 Å². The van der Waals surface area contributed by atoms with Crippen LogP contribution in [-0.4, -0.2) is 40.8 Å². The normalized spacial score (nSPS) is 11.7. The highest BCUT2D eigenvalue weighted by atomic mass is 32.2. The third-order valence-electron chi connectivity index (χ3n) is 3.98. The van der Waals surface area contributed by atoms with Crippen molar-refractivity contribution in [2.24, 2.45) is 0 Å². The molecule has 1 aromatic heterocycles. The summed E-state index contributed by atoms with van der Waals surface area (Å²) < 4.78 is 32.3. The number of carbonyl (C=O) groups excluding carboxylic acids is 1. The van der Waals surface area contributed by atoms with Crippen LogP contribution in [0, 0.1) is 0 Å². The summed E-state index contributed by atoms with van der Waals surface area (Å²) in [6.45, 7) is -0.172. The van der Waals surface area contributed by atoms with Crippen LogP contribution in [0.1, 0.15) is 21.8 Å². The van der Waals surface area contributed by atoms with Gasteiger partial charge >= 0.3 is 5.97 Å². The first-order valence-corrected chi connectivity index (χ1v) is 10.3. The van der Waals surface area contributed by atoms with Crippen molar-refractivity contribution < 1.29 is 27.7 Å². The van der Waals surface area contributed by atoms with E-state index < -0.39 is 16.8 Å². The van der Waals surface area contributed by atoms with Crippen LogP contribution in [0.15, 0.2) is 47.0 Å². The van der Waals surface area contributed by atoms with E-state index in [1.807, 2.05) is 6.07 Å². The molecule has 29 heavy (non-hydrogen) atoms. The molecule has 0 aliphatic carbocycles. The molecule has 0 bridgehead atoms. The first kappa shape index (κ1) is 20.5. The molecular weight excluding hydrogens is 396 g/mol. The molecule has 3 aromatic rings. The SMILES string of the molecule is COc1ccc(-c2noc(COC(=O)c3cccc(CS(C)=O)c3)n2)c(OC)c1. The number of ether oxygens (including phenoxy) is 3. The zero-order chi connectivity index (χ0) is 20.8. The lowest BCUT2D eigenvalue weighted by Crippen LogP contribution is -2.06. The number of rotatable bonds is 8. The number of hydrogen-bond donors (Lipinski definition) is 0. The van der Waals surface area contributed by atoms with E-state index in [0.717, 1.165) is 5.56 Å². The maximum atomic E-state index is 12.3. The maximum Gasteiger partial charge on any atom is 0.338 e. The molecule has 0 saturated carbocycles. The molecule has 0 saturated heterocycles. The quantitative estimate of drug-likeness (QED) is 0.517. The lowest BCUT2D eigenvalue weighted by atomic mass is 10.1. The molecule has 0 aliphatic heterocycles. The summed E-state index contributed by atoms with van der Waals surface area (Å²) in [7, 11) is 2.10. The molecule has 1 unspecified atom stereocenters. The third-order valence-corrected chi connectivity index (χ3v) is 4.72. The van der Waals surface area contributed by atoms with E-state index in [-0.39, 0.29) is 12.5 Å². The largest absolute Gasteiger partial charge is 0.497 e. The molecule has 9 heteroatoms. The average molecular weight is 416 g/mol. The number of aromatic nitrogens is 2. The summed E-state index contributed by atoms with van der Waals surface area (Å²) in [6, 6.07) is 12.0. The molecule has 0 radical (unpaired) electrons. The third kappa shape index (κ3) is 5.20. The number of methoxy groups -OCH3 is 2. The van der Waals surface area contributed by atoms with Crippen LogP contribution in [0.5, 0.6) is 11.5 Å². The minimum Gasteiger partial charge on any atom is -0.497 e. The maximum absolute atomic E-state index is 12.3. The van der Waals surface area contributed by atoms with Gasteiger partial charge in [-0.3, -0.25) is 4.21 Å². The number of esters is 1. The smallest absolute Gasteiger partial charge is 0.338 e. The Kier molecular flexibility index (Phi) is 6.61. The molecule has 3 rings (SSSR count). The zero-order valence-electron chi connectivity index (χ0n) is 16.2. The van der Waals surface area contributed by atoms with Gasteiger partial charge in [0.05, 0.1) is 25.3 Å². The van der Waals surface area contributed by atoms with Crippen LogP contribution in [0.3, 0.4) is 0 Å². The summed E-state index contributed by atoms with van der Waals surface area (Å²) in [5, 5.41) is 3.92. The first-order valence-electron chi connectivity index (χ1n) is 8.61. The van der Waals surface area contributed by atoms with E-state index in [4.69, 9.17) is 18.7 Å². The van der Waals surface area contributed by atoms with Crippen LogP contribution in [-0.2, 0) is 27.9 Å². The van der Waals surface area contributed by atoms with E-state index in [1.165, 1.54) is 7.11 Å². The minimum absolute atomic E-state index is 0.150. The standard InChI is InChI=1S/C20H20N2O6S/c1-25-15-7-8-16(17(10-15)26-2)19-21-18(28-22-19)11-27-20(23)14-6-4-5-13(9-14)12-29(3)24/h4-10H,11-12H2,1-3H3. The predicted octanol–water partition coefficient (Wildman–Crippen LogP) is 2.99. The summed E-state index contributed by atoms with van der Waals surface area (Å²) in [5.41, 5.74) is 1.78. The second kappa shape index (κ2) is 9.33. The number of nitrogens with zero attached hydrogens (tertiary/aromatic N) is 2. The highest BCUT2D eigenvalue weighted by molar-refractivity contribution is 7.83. The van der Waals surface area contributed by atoms with E-state index in [0.29, 0.717) is 34.2 Å². The van der Waals surface area contributed by atoms with Crippen molar-refractivity contribution in [3.8, 4) is 22.9 Å². The lowest BCUT2D eigenvalue weighted by Gasteiger charge is -2.07. The van der Waals surface area contributed by atoms with Gasteiger partial charge < -0.3 is 18.7 Å². The fourth-order valence-corrected chi connectivity index (χ4v) is 3.29. The van der Waals surface area contributed by atoms with Gasteiger partial charge in [-0.15, -0.1) is 0 Å². The van der Waals surface area contributed by atoms with Crippen LogP contribution in [0.2, 0.25) is 0 Å². The predicted molar refractivity (Wildman–Crippen MR) is 106 cm³/mol. The average Bonchev–Trinajstić information content (AvgIpc) is 3.20. The summed E-state index contributed by atoms with van der Waals surface area (Å²) in [5.74, 6) is 1.46. The Balaban J connectivity index is 1.68. The zero-order valence-corrected chi connectivity index (χ0v) is 17.0. The molecule has 0 N–H and O–H groups in total. The fraction of sp³-hybridized carbons (Fsp3) is 0.250. The second-order valence-corrected chi connectivity index (χ2v) is 7.51. The highest BCUT2D eigenvalue weighted by Crippen LogP contribution is 2.31. The van der Waals surface area contributed by atoms with Crippen molar-refractivity contribution in [1.29, 1.82) is 0 Å². The van der Waals surface area contributed by atoms with Crippen molar-refractivity contribution in [3.63, 3.8) is 0 Å². The molecular formula is C20H20N2O6S. The Hall–Kier alpha value is -3.20. The van der Waals surface area contributed by atoms with Gasteiger partial charge in [0.1, 0.15) is 11.5 Å². The molecule has 0 aliphatic rings. The van der Waals surface area contributed by atoms with Crippen molar-refractivity contribution in [3.05, 3.63) is 59.5 Å². The molecule has 152 valence electrons. The van der Waals surface area contributed by atoms with E-state index in [9.17, 15) is 9.00 Å². The van der Waals surface area contributed by atoms with E-state index in [1.54, 1.807) is 49.8 Å². The first-order chi connectivity index (χ1) is 14.0. The van der Waals surface area contributed by atoms with Gasteiger partial charge in [0, 0.05) is 28.9 Å². The van der Waals surface area contributed by atoms with E-state index >= 15 is 0 Å². The van der Waals surface area contributed by atoms with Gasteiger partial charge in [0.2, 0.25) is 5.82 Å². The van der Waals surface area contributed by atoms with E-state index in [2.05, 4.69) is 10.1 Å². The van der Waals surface area contributed by atoms with Gasteiger partial charge in [-0.05, 0) is 29.8 Å². The Morgan fingerprint density at radius 2 is 1.97 bits per heavy atom. The van der Waals surface area contributed by atoms with Crippen molar-refractivity contribution in [2.75, 3.05) is 20.5 Å². The summed E-state index contributed by atoms with van der Waals surface area (Å²) in [6.07, 6.45) is 1.61. The monoisotopic (exact) mass is 416 g/mol. The van der Waals surface area contributed by atoms with Gasteiger partial charge in [-0.2, -0.15) is 4.98 Å². The van der Waals surface area contributed by atoms with Crippen LogP contribution in [0.25, 0.3) is 11.4 Å². The molecule has 0 amide bonds. The topological polar surface area (TPSA) is 101 Å². The van der Waals surface area contributed by atoms with Gasteiger partial charge in [0.15, 0.2) is 6.61 Å². The van der Waals surface area contributed by atoms with Crippen molar-refractivity contribution in [2.45, 2.75) is 12.4 Å². The highest BCUT2D eigenvalue weighted by Gasteiger charge is 2.16. The fourth-order valence-electron chi connectivity index (χ4n) is 2.64. The van der Waals surface area contributed by atoms with Gasteiger partial charge in [0.25, 0.3) is 5.89 Å².